The quantitative estimate of drug-likeness (QED) is 0.697. The fraction of sp³-hybridized carbons (Fsp3) is 0.867. The Labute approximate surface area is 125 Å². The fourth-order valence-corrected chi connectivity index (χ4v) is 3.18. The Morgan fingerprint density at radius 1 is 1.19 bits per heavy atom. The molecule has 0 atom stereocenters. The van der Waals surface area contributed by atoms with Gasteiger partial charge in [-0.15, -0.1) is 0 Å². The second-order valence-electron chi connectivity index (χ2n) is 6.36. The third-order valence-electron chi connectivity index (χ3n) is 5.02. The SMILES string of the molecule is COC1(CNC(=O)NCC2CCC(C(=O)O)CC2)CCC1. The topological polar surface area (TPSA) is 87.7 Å². The summed E-state index contributed by atoms with van der Waals surface area (Å²) < 4.78 is 5.45. The van der Waals surface area contributed by atoms with Gasteiger partial charge in [0.1, 0.15) is 0 Å². The van der Waals surface area contributed by atoms with Gasteiger partial charge in [0.15, 0.2) is 0 Å². The molecular formula is C15H26N2O4. The van der Waals surface area contributed by atoms with Gasteiger partial charge in [0.25, 0.3) is 0 Å². The van der Waals surface area contributed by atoms with Crippen molar-refractivity contribution in [1.29, 1.82) is 0 Å². The Balaban J connectivity index is 1.60. The molecule has 6 heteroatoms. The first-order valence-corrected chi connectivity index (χ1v) is 7.84. The molecule has 0 saturated heterocycles. The molecule has 2 saturated carbocycles. The molecule has 120 valence electrons. The number of rotatable bonds is 6. The van der Waals surface area contributed by atoms with Crippen molar-refractivity contribution in [3.05, 3.63) is 0 Å². The van der Waals surface area contributed by atoms with Gasteiger partial charge in [-0.2, -0.15) is 0 Å². The van der Waals surface area contributed by atoms with Crippen LogP contribution in [-0.2, 0) is 9.53 Å². The summed E-state index contributed by atoms with van der Waals surface area (Å²) in [5, 5.41) is 14.7. The third-order valence-corrected chi connectivity index (χ3v) is 5.02. The molecule has 0 heterocycles. The van der Waals surface area contributed by atoms with Gasteiger partial charge in [0.05, 0.1) is 11.5 Å². The minimum absolute atomic E-state index is 0.154. The molecular weight excluding hydrogens is 272 g/mol. The molecule has 0 aromatic carbocycles. The summed E-state index contributed by atoms with van der Waals surface area (Å²) in [5.41, 5.74) is -0.156. The van der Waals surface area contributed by atoms with Crippen molar-refractivity contribution >= 4 is 12.0 Å². The number of hydrogen-bond donors (Lipinski definition) is 3. The van der Waals surface area contributed by atoms with E-state index in [1.165, 1.54) is 0 Å². The van der Waals surface area contributed by atoms with Gasteiger partial charge in [-0.1, -0.05) is 0 Å². The van der Waals surface area contributed by atoms with E-state index < -0.39 is 5.97 Å². The van der Waals surface area contributed by atoms with E-state index in [0.29, 0.717) is 19.0 Å². The number of carboxylic acid groups (broad SMARTS) is 1. The minimum Gasteiger partial charge on any atom is -0.481 e. The predicted octanol–water partition coefficient (Wildman–Crippen LogP) is 1.75. The van der Waals surface area contributed by atoms with E-state index in [1.807, 2.05) is 0 Å². The molecule has 0 radical (unpaired) electrons. The molecule has 0 unspecified atom stereocenters. The Hall–Kier alpha value is -1.30. The summed E-state index contributed by atoms with van der Waals surface area (Å²) in [7, 11) is 1.69. The molecule has 2 fully saturated rings. The molecule has 2 aliphatic rings. The van der Waals surface area contributed by atoms with E-state index in [2.05, 4.69) is 10.6 Å². The molecule has 21 heavy (non-hydrogen) atoms. The molecule has 0 aromatic heterocycles. The predicted molar refractivity (Wildman–Crippen MR) is 78.1 cm³/mol. The number of carbonyl (C=O) groups is 2. The van der Waals surface area contributed by atoms with Crippen molar-refractivity contribution in [1.82, 2.24) is 10.6 Å². The summed E-state index contributed by atoms with van der Waals surface area (Å²) in [4.78, 5) is 22.7. The van der Waals surface area contributed by atoms with Crippen LogP contribution in [0.15, 0.2) is 0 Å². The number of amides is 2. The van der Waals surface area contributed by atoms with Crippen molar-refractivity contribution < 1.29 is 19.4 Å². The summed E-state index contributed by atoms with van der Waals surface area (Å²) in [5.74, 6) is -0.494. The lowest BCUT2D eigenvalue weighted by Gasteiger charge is -2.40. The second-order valence-corrected chi connectivity index (χ2v) is 6.36. The van der Waals surface area contributed by atoms with E-state index >= 15 is 0 Å². The molecule has 2 amide bonds. The number of ether oxygens (including phenoxy) is 1. The summed E-state index contributed by atoms with van der Waals surface area (Å²) in [6.45, 7) is 1.18. The molecule has 2 aliphatic carbocycles. The van der Waals surface area contributed by atoms with E-state index in [0.717, 1.165) is 44.9 Å². The maximum absolute atomic E-state index is 11.8. The van der Waals surface area contributed by atoms with Crippen molar-refractivity contribution in [2.75, 3.05) is 20.2 Å². The van der Waals surface area contributed by atoms with Crippen molar-refractivity contribution in [2.24, 2.45) is 11.8 Å². The van der Waals surface area contributed by atoms with Gasteiger partial charge in [0, 0.05) is 20.2 Å². The van der Waals surface area contributed by atoms with Gasteiger partial charge in [-0.25, -0.2) is 4.79 Å². The number of nitrogens with one attached hydrogen (secondary N) is 2. The molecule has 0 spiro atoms. The highest BCUT2D eigenvalue weighted by Crippen LogP contribution is 2.34. The smallest absolute Gasteiger partial charge is 0.314 e. The first-order valence-electron chi connectivity index (χ1n) is 7.84. The summed E-state index contributed by atoms with van der Waals surface area (Å²) in [6.07, 6.45) is 6.35. The summed E-state index contributed by atoms with van der Waals surface area (Å²) in [6, 6.07) is -0.154. The molecule has 0 aliphatic heterocycles. The van der Waals surface area contributed by atoms with Crippen LogP contribution in [0.5, 0.6) is 0 Å². The third kappa shape index (κ3) is 4.33. The number of hydrogen-bond acceptors (Lipinski definition) is 3. The zero-order valence-electron chi connectivity index (χ0n) is 12.7. The fourth-order valence-electron chi connectivity index (χ4n) is 3.18. The minimum atomic E-state index is -0.690. The van der Waals surface area contributed by atoms with Crippen LogP contribution in [0.25, 0.3) is 0 Å². The average molecular weight is 298 g/mol. The number of urea groups is 1. The first-order chi connectivity index (χ1) is 10.0. The molecule has 6 nitrogen and oxygen atoms in total. The Kier molecular flexibility index (Phi) is 5.45. The van der Waals surface area contributed by atoms with Gasteiger partial charge in [-0.05, 0) is 50.9 Å². The van der Waals surface area contributed by atoms with E-state index in [1.54, 1.807) is 7.11 Å². The van der Waals surface area contributed by atoms with Gasteiger partial charge in [0.2, 0.25) is 0 Å². The number of aliphatic carboxylic acids is 1. The normalized spacial score (nSPS) is 27.5. The molecule has 0 aromatic rings. The van der Waals surface area contributed by atoms with E-state index in [9.17, 15) is 9.59 Å². The van der Waals surface area contributed by atoms with E-state index in [-0.39, 0.29) is 17.6 Å². The lowest BCUT2D eigenvalue weighted by atomic mass is 9.80. The maximum Gasteiger partial charge on any atom is 0.314 e. The van der Waals surface area contributed by atoms with Crippen LogP contribution in [0.1, 0.15) is 44.9 Å². The molecule has 3 N–H and O–H groups in total. The highest BCUT2D eigenvalue weighted by atomic mass is 16.5. The van der Waals surface area contributed by atoms with Gasteiger partial charge in [-0.3, -0.25) is 4.79 Å². The van der Waals surface area contributed by atoms with Crippen LogP contribution in [0.2, 0.25) is 0 Å². The zero-order valence-corrected chi connectivity index (χ0v) is 12.7. The zero-order chi connectivity index (χ0) is 15.3. The molecule has 0 bridgehead atoms. The standard InChI is InChI=1S/C15H26N2O4/c1-21-15(7-2-8-15)10-17-14(20)16-9-11-3-5-12(6-4-11)13(18)19/h11-12H,2-10H2,1H3,(H,18,19)(H2,16,17,20). The molecule has 2 rings (SSSR count). The lowest BCUT2D eigenvalue weighted by molar-refractivity contribution is -0.143. The Morgan fingerprint density at radius 3 is 2.33 bits per heavy atom. The number of carboxylic acids is 1. The average Bonchev–Trinajstić information content (AvgIpc) is 2.45. The van der Waals surface area contributed by atoms with Crippen molar-refractivity contribution in [2.45, 2.75) is 50.5 Å². The van der Waals surface area contributed by atoms with Crippen LogP contribution < -0.4 is 10.6 Å². The van der Waals surface area contributed by atoms with Gasteiger partial charge < -0.3 is 20.5 Å². The van der Waals surface area contributed by atoms with Crippen LogP contribution >= 0.6 is 0 Å². The number of methoxy groups -OCH3 is 1. The lowest BCUT2D eigenvalue weighted by Crippen LogP contribution is -2.51. The van der Waals surface area contributed by atoms with Crippen molar-refractivity contribution in [3.8, 4) is 0 Å². The highest BCUT2D eigenvalue weighted by molar-refractivity contribution is 5.74. The first kappa shape index (κ1) is 16.1. The van der Waals surface area contributed by atoms with Crippen LogP contribution in [0.3, 0.4) is 0 Å². The van der Waals surface area contributed by atoms with Gasteiger partial charge >= 0.3 is 12.0 Å². The van der Waals surface area contributed by atoms with Crippen molar-refractivity contribution in [3.63, 3.8) is 0 Å². The largest absolute Gasteiger partial charge is 0.481 e. The van der Waals surface area contributed by atoms with Crippen LogP contribution in [0.4, 0.5) is 4.79 Å². The van der Waals surface area contributed by atoms with Crippen LogP contribution in [0, 0.1) is 11.8 Å². The summed E-state index contributed by atoms with van der Waals surface area (Å²) >= 11 is 0. The maximum atomic E-state index is 11.8. The number of carbonyl (C=O) groups excluding carboxylic acids is 1. The Morgan fingerprint density at radius 2 is 1.86 bits per heavy atom. The monoisotopic (exact) mass is 298 g/mol. The van der Waals surface area contributed by atoms with Crippen LogP contribution in [-0.4, -0.2) is 42.9 Å². The second kappa shape index (κ2) is 7.11. The van der Waals surface area contributed by atoms with E-state index in [4.69, 9.17) is 9.84 Å². The Bertz CT molecular complexity index is 368. The highest BCUT2D eigenvalue weighted by Gasteiger charge is 2.37.